The molecule has 0 heterocycles. The summed E-state index contributed by atoms with van der Waals surface area (Å²) in [4.78, 5) is 0.0478. The van der Waals surface area contributed by atoms with Crippen LogP contribution in [0.15, 0.2) is 70.5 Å². The normalized spacial score (nSPS) is 11.8. The van der Waals surface area contributed by atoms with Crippen molar-refractivity contribution in [2.45, 2.75) is 23.6 Å². The molecule has 10 heteroatoms. The van der Waals surface area contributed by atoms with Gasteiger partial charge in [-0.05, 0) is 50.2 Å². The van der Waals surface area contributed by atoms with Gasteiger partial charge < -0.3 is 11.5 Å². The fraction of sp³-hybridized carbons (Fsp3) is 0.100. The van der Waals surface area contributed by atoms with Crippen LogP contribution >= 0.6 is 0 Å². The van der Waals surface area contributed by atoms with E-state index in [4.69, 9.17) is 11.5 Å². The van der Waals surface area contributed by atoms with Gasteiger partial charge in [0, 0.05) is 0 Å². The van der Waals surface area contributed by atoms with E-state index in [2.05, 4.69) is 9.44 Å². The molecule has 0 bridgehead atoms. The lowest BCUT2D eigenvalue weighted by atomic mass is 10.2. The third kappa shape index (κ3) is 4.66. The molecular formula is C20H22N4O4S2. The Hall–Kier alpha value is -3.24. The predicted molar refractivity (Wildman–Crippen MR) is 119 cm³/mol. The minimum Gasteiger partial charge on any atom is -0.397 e. The fourth-order valence-corrected chi connectivity index (χ4v) is 4.79. The molecule has 0 fully saturated rings. The van der Waals surface area contributed by atoms with Crippen LogP contribution in [0.5, 0.6) is 0 Å². The van der Waals surface area contributed by atoms with Gasteiger partial charge in [-0.15, -0.1) is 0 Å². The lowest BCUT2D eigenvalue weighted by Crippen LogP contribution is -2.18. The Kier molecular flexibility index (Phi) is 5.64. The van der Waals surface area contributed by atoms with Crippen molar-refractivity contribution in [2.24, 2.45) is 0 Å². The minimum atomic E-state index is -3.99. The van der Waals surface area contributed by atoms with E-state index in [1.807, 2.05) is 13.8 Å². The van der Waals surface area contributed by atoms with Crippen LogP contribution in [0, 0.1) is 13.8 Å². The van der Waals surface area contributed by atoms with Crippen LogP contribution in [0.3, 0.4) is 0 Å². The van der Waals surface area contributed by atoms with Crippen molar-refractivity contribution in [2.75, 3.05) is 20.9 Å². The van der Waals surface area contributed by atoms with E-state index in [-0.39, 0.29) is 32.5 Å². The third-order valence-corrected chi connectivity index (χ3v) is 7.14. The Bertz CT molecular complexity index is 1180. The average Bonchev–Trinajstić information content (AvgIpc) is 2.66. The van der Waals surface area contributed by atoms with Gasteiger partial charge >= 0.3 is 0 Å². The highest BCUT2D eigenvalue weighted by atomic mass is 32.2. The lowest BCUT2D eigenvalue weighted by Gasteiger charge is -2.17. The number of hydrogen-bond acceptors (Lipinski definition) is 6. The van der Waals surface area contributed by atoms with E-state index in [0.717, 1.165) is 11.1 Å². The molecule has 0 aromatic heterocycles. The molecule has 0 saturated carbocycles. The molecule has 0 aliphatic heterocycles. The number of aryl methyl sites for hydroxylation is 2. The Balaban J connectivity index is 2.01. The first kappa shape index (κ1) is 21.5. The summed E-state index contributed by atoms with van der Waals surface area (Å²) in [5, 5.41) is 0. The standard InChI is InChI=1S/C20H22N4O4S2/c1-13-3-7-15(8-4-13)29(25,26)23-19-11-17(21)18(22)12-20(19)24-30(27,28)16-9-5-14(2)6-10-16/h3-12,23-24H,21-22H2,1-2H3. The van der Waals surface area contributed by atoms with Crippen molar-refractivity contribution in [3.8, 4) is 0 Å². The molecule has 0 amide bonds. The highest BCUT2D eigenvalue weighted by Crippen LogP contribution is 2.33. The summed E-state index contributed by atoms with van der Waals surface area (Å²) in [6.45, 7) is 3.67. The van der Waals surface area contributed by atoms with Crippen molar-refractivity contribution in [3.63, 3.8) is 0 Å². The lowest BCUT2D eigenvalue weighted by molar-refractivity contribution is 0.599. The zero-order valence-electron chi connectivity index (χ0n) is 16.4. The molecule has 6 N–H and O–H groups in total. The molecule has 3 rings (SSSR count). The minimum absolute atomic E-state index is 0.0239. The molecule has 0 unspecified atom stereocenters. The maximum Gasteiger partial charge on any atom is 0.261 e. The van der Waals surface area contributed by atoms with Crippen molar-refractivity contribution in [1.82, 2.24) is 0 Å². The van der Waals surface area contributed by atoms with E-state index in [1.165, 1.54) is 36.4 Å². The molecule has 0 aliphatic rings. The summed E-state index contributed by atoms with van der Waals surface area (Å²) < 4.78 is 55.9. The second-order valence-corrected chi connectivity index (χ2v) is 10.2. The molecule has 30 heavy (non-hydrogen) atoms. The summed E-state index contributed by atoms with van der Waals surface area (Å²) >= 11 is 0. The van der Waals surface area contributed by atoms with Gasteiger partial charge in [-0.2, -0.15) is 0 Å². The van der Waals surface area contributed by atoms with Crippen LogP contribution in [-0.2, 0) is 20.0 Å². The second-order valence-electron chi connectivity index (χ2n) is 6.86. The number of rotatable bonds is 6. The number of anilines is 4. The number of nitrogens with one attached hydrogen (secondary N) is 2. The van der Waals surface area contributed by atoms with Gasteiger partial charge in [0.1, 0.15) is 0 Å². The molecule has 0 saturated heterocycles. The van der Waals surface area contributed by atoms with Crippen molar-refractivity contribution in [1.29, 1.82) is 0 Å². The Labute approximate surface area is 176 Å². The van der Waals surface area contributed by atoms with Gasteiger partial charge in [0.2, 0.25) is 0 Å². The number of nitrogens with two attached hydrogens (primary N) is 2. The second kappa shape index (κ2) is 7.88. The highest BCUT2D eigenvalue weighted by molar-refractivity contribution is 7.93. The van der Waals surface area contributed by atoms with Gasteiger partial charge in [0.25, 0.3) is 20.0 Å². The summed E-state index contributed by atoms with van der Waals surface area (Å²) in [6, 6.07) is 15.0. The van der Waals surface area contributed by atoms with Gasteiger partial charge in [-0.25, -0.2) is 16.8 Å². The predicted octanol–water partition coefficient (Wildman–Crippen LogP) is 3.07. The van der Waals surface area contributed by atoms with Crippen LogP contribution in [0.4, 0.5) is 22.7 Å². The molecule has 0 aliphatic carbocycles. The quantitative estimate of drug-likeness (QED) is 0.428. The maximum absolute atomic E-state index is 12.8. The van der Waals surface area contributed by atoms with Crippen molar-refractivity contribution in [3.05, 3.63) is 71.8 Å². The van der Waals surface area contributed by atoms with Crippen LogP contribution in [0.1, 0.15) is 11.1 Å². The van der Waals surface area contributed by atoms with Gasteiger partial charge in [-0.3, -0.25) is 9.44 Å². The van der Waals surface area contributed by atoms with E-state index in [0.29, 0.717) is 0 Å². The van der Waals surface area contributed by atoms with E-state index in [1.54, 1.807) is 24.3 Å². The summed E-state index contributed by atoms with van der Waals surface area (Å²) in [5.74, 6) is 0. The first-order valence-electron chi connectivity index (χ1n) is 8.86. The zero-order valence-corrected chi connectivity index (χ0v) is 18.0. The molecule has 0 atom stereocenters. The molecule has 8 nitrogen and oxygen atoms in total. The molecule has 0 spiro atoms. The van der Waals surface area contributed by atoms with E-state index >= 15 is 0 Å². The van der Waals surface area contributed by atoms with E-state index < -0.39 is 20.0 Å². The van der Waals surface area contributed by atoms with E-state index in [9.17, 15) is 16.8 Å². The topological polar surface area (TPSA) is 144 Å². The number of hydrogen-bond donors (Lipinski definition) is 4. The fourth-order valence-electron chi connectivity index (χ4n) is 2.64. The molecule has 0 radical (unpaired) electrons. The summed E-state index contributed by atoms with van der Waals surface area (Å²) in [7, 11) is -7.98. The van der Waals surface area contributed by atoms with Crippen LogP contribution < -0.4 is 20.9 Å². The SMILES string of the molecule is Cc1ccc(S(=O)(=O)Nc2cc(N)c(N)cc2NS(=O)(=O)c2ccc(C)cc2)cc1. The average molecular weight is 447 g/mol. The molecule has 158 valence electrons. The largest absolute Gasteiger partial charge is 0.397 e. The maximum atomic E-state index is 12.8. The van der Waals surface area contributed by atoms with Crippen LogP contribution in [0.2, 0.25) is 0 Å². The first-order valence-corrected chi connectivity index (χ1v) is 11.8. The number of sulfonamides is 2. The Morgan fingerprint density at radius 3 is 1.20 bits per heavy atom. The monoisotopic (exact) mass is 446 g/mol. The molecule has 3 aromatic rings. The summed E-state index contributed by atoms with van der Waals surface area (Å²) in [6.07, 6.45) is 0. The summed E-state index contributed by atoms with van der Waals surface area (Å²) in [5.41, 5.74) is 13.6. The number of nitrogen functional groups attached to an aromatic ring is 2. The van der Waals surface area contributed by atoms with Gasteiger partial charge in [0.15, 0.2) is 0 Å². The van der Waals surface area contributed by atoms with Crippen molar-refractivity contribution >= 4 is 42.8 Å². The molecular weight excluding hydrogens is 424 g/mol. The van der Waals surface area contributed by atoms with Gasteiger partial charge in [0.05, 0.1) is 32.5 Å². The van der Waals surface area contributed by atoms with Crippen molar-refractivity contribution < 1.29 is 16.8 Å². The Morgan fingerprint density at radius 1 is 0.600 bits per heavy atom. The zero-order chi connectivity index (χ0) is 22.1. The van der Waals surface area contributed by atoms with Gasteiger partial charge in [-0.1, -0.05) is 35.4 Å². The van der Waals surface area contributed by atoms with Crippen LogP contribution in [-0.4, -0.2) is 16.8 Å². The third-order valence-electron chi connectivity index (χ3n) is 4.37. The van der Waals surface area contributed by atoms with Crippen LogP contribution in [0.25, 0.3) is 0 Å². The smallest absolute Gasteiger partial charge is 0.261 e. The Morgan fingerprint density at radius 2 is 0.900 bits per heavy atom. The highest BCUT2D eigenvalue weighted by Gasteiger charge is 2.21. The number of benzene rings is 3. The first-order chi connectivity index (χ1) is 14.0. The molecule has 3 aromatic carbocycles.